The standard InChI is InChI=1S/C22H19N5O4S/c1-12-16(21(28)31-11-13-5-3-2-4-6-13)17(14-7-9-15(10-8-14)27(29)30)18-19(23)25-22(32)26-20(18)24-12/h2-10,17H,11H2,1H3,(H4,23,24,25,26,32). The number of ether oxygens (including phenoxy) is 1. The van der Waals surface area contributed by atoms with Crippen molar-refractivity contribution in [2.75, 3.05) is 11.1 Å². The van der Waals surface area contributed by atoms with Crippen molar-refractivity contribution in [3.8, 4) is 0 Å². The van der Waals surface area contributed by atoms with Gasteiger partial charge < -0.3 is 20.8 Å². The van der Waals surface area contributed by atoms with Gasteiger partial charge >= 0.3 is 5.97 Å². The molecule has 162 valence electrons. The van der Waals surface area contributed by atoms with E-state index in [1.54, 1.807) is 19.1 Å². The number of nitro benzene ring substituents is 1. The summed E-state index contributed by atoms with van der Waals surface area (Å²) in [6.07, 6.45) is 0. The van der Waals surface area contributed by atoms with Crippen molar-refractivity contribution in [2.24, 2.45) is 0 Å². The molecule has 0 radical (unpaired) electrons. The van der Waals surface area contributed by atoms with E-state index in [4.69, 9.17) is 22.7 Å². The highest BCUT2D eigenvalue weighted by molar-refractivity contribution is 7.71. The zero-order chi connectivity index (χ0) is 22.8. The number of nitrogens with zero attached hydrogens (tertiary/aromatic N) is 2. The Morgan fingerprint density at radius 3 is 2.56 bits per heavy atom. The van der Waals surface area contributed by atoms with E-state index in [1.165, 1.54) is 12.1 Å². The number of anilines is 2. The molecule has 9 nitrogen and oxygen atoms in total. The molecule has 3 aromatic rings. The summed E-state index contributed by atoms with van der Waals surface area (Å²) in [5, 5.41) is 14.2. The summed E-state index contributed by atoms with van der Waals surface area (Å²) < 4.78 is 5.79. The van der Waals surface area contributed by atoms with Crippen LogP contribution < -0.4 is 11.1 Å². The second-order valence-corrected chi connectivity index (χ2v) is 7.61. The van der Waals surface area contributed by atoms with Crippen LogP contribution in [-0.2, 0) is 16.1 Å². The lowest BCUT2D eigenvalue weighted by molar-refractivity contribution is -0.384. The number of nitrogen functional groups attached to an aromatic ring is 1. The molecule has 4 rings (SSSR count). The van der Waals surface area contributed by atoms with Gasteiger partial charge in [0, 0.05) is 23.4 Å². The number of carbonyl (C=O) groups is 1. The van der Waals surface area contributed by atoms with Crippen LogP contribution in [0.2, 0.25) is 0 Å². The number of hydrogen-bond donors (Lipinski definition) is 3. The van der Waals surface area contributed by atoms with Crippen LogP contribution in [0.5, 0.6) is 0 Å². The molecule has 4 N–H and O–H groups in total. The fourth-order valence-corrected chi connectivity index (χ4v) is 3.89. The number of non-ortho nitro benzene ring substituents is 1. The average Bonchev–Trinajstić information content (AvgIpc) is 2.77. The molecular weight excluding hydrogens is 430 g/mol. The highest BCUT2D eigenvalue weighted by Gasteiger charge is 2.36. The number of nitrogens with one attached hydrogen (secondary N) is 2. The van der Waals surface area contributed by atoms with E-state index in [1.807, 2.05) is 30.3 Å². The van der Waals surface area contributed by atoms with Crippen LogP contribution in [0.25, 0.3) is 0 Å². The van der Waals surface area contributed by atoms with Gasteiger partial charge in [0.25, 0.3) is 5.69 Å². The van der Waals surface area contributed by atoms with Crippen molar-refractivity contribution in [3.05, 3.63) is 97.4 Å². The Balaban J connectivity index is 1.78. The average molecular weight is 449 g/mol. The summed E-state index contributed by atoms with van der Waals surface area (Å²) in [6.45, 7) is 1.83. The normalized spacial score (nSPS) is 15.0. The molecule has 10 heteroatoms. The van der Waals surface area contributed by atoms with E-state index in [0.29, 0.717) is 28.2 Å². The summed E-state index contributed by atoms with van der Waals surface area (Å²) in [5.74, 6) is -0.521. The fourth-order valence-electron chi connectivity index (χ4n) is 3.69. The number of nitro groups is 1. The minimum absolute atomic E-state index is 0.0598. The molecule has 1 aliphatic heterocycles. The minimum atomic E-state index is -0.658. The Morgan fingerprint density at radius 2 is 1.91 bits per heavy atom. The maximum Gasteiger partial charge on any atom is 0.337 e. The Morgan fingerprint density at radius 1 is 1.22 bits per heavy atom. The number of allylic oxidation sites excluding steroid dienone is 1. The Kier molecular flexibility index (Phi) is 5.69. The summed E-state index contributed by atoms with van der Waals surface area (Å²) in [5.41, 5.74) is 9.04. The molecule has 0 bridgehead atoms. The second-order valence-electron chi connectivity index (χ2n) is 7.22. The van der Waals surface area contributed by atoms with Gasteiger partial charge in [0.15, 0.2) is 4.77 Å². The van der Waals surface area contributed by atoms with Crippen molar-refractivity contribution in [2.45, 2.75) is 19.4 Å². The van der Waals surface area contributed by atoms with Gasteiger partial charge in [-0.05, 0) is 30.3 Å². The number of rotatable bonds is 5. The van der Waals surface area contributed by atoms with Crippen LogP contribution >= 0.6 is 12.2 Å². The molecule has 1 unspecified atom stereocenters. The molecule has 1 aromatic heterocycles. The SMILES string of the molecule is CC1=C(C(=O)OCc2ccccc2)C(c2ccc([N+](=O)[O-])cc2)c2c(nc(=S)[nH]c2N)N1. The van der Waals surface area contributed by atoms with Gasteiger partial charge in [-0.2, -0.15) is 0 Å². The molecule has 0 spiro atoms. The lowest BCUT2D eigenvalue weighted by atomic mass is 9.82. The Bertz CT molecular complexity index is 1290. The number of aromatic amines is 1. The number of carbonyl (C=O) groups excluding carboxylic acids is 1. The van der Waals surface area contributed by atoms with E-state index in [-0.39, 0.29) is 22.9 Å². The predicted molar refractivity (Wildman–Crippen MR) is 121 cm³/mol. The van der Waals surface area contributed by atoms with Gasteiger partial charge in [0.2, 0.25) is 0 Å². The zero-order valence-corrected chi connectivity index (χ0v) is 17.8. The topological polar surface area (TPSA) is 136 Å². The molecule has 0 fully saturated rings. The zero-order valence-electron chi connectivity index (χ0n) is 17.0. The third-order valence-electron chi connectivity index (χ3n) is 5.16. The Labute approximate surface area is 188 Å². The van der Waals surface area contributed by atoms with Crippen molar-refractivity contribution in [1.82, 2.24) is 9.97 Å². The quantitative estimate of drug-likeness (QED) is 0.228. The van der Waals surface area contributed by atoms with Gasteiger partial charge in [-0.25, -0.2) is 9.78 Å². The van der Waals surface area contributed by atoms with Gasteiger partial charge in [-0.15, -0.1) is 0 Å². The Hall–Kier alpha value is -4.05. The third kappa shape index (κ3) is 4.08. The number of aromatic nitrogens is 2. The first-order valence-corrected chi connectivity index (χ1v) is 10.1. The lowest BCUT2D eigenvalue weighted by Crippen LogP contribution is -2.26. The highest BCUT2D eigenvalue weighted by Crippen LogP contribution is 2.43. The van der Waals surface area contributed by atoms with Crippen LogP contribution in [0.1, 0.15) is 29.5 Å². The lowest BCUT2D eigenvalue weighted by Gasteiger charge is -2.30. The van der Waals surface area contributed by atoms with E-state index in [0.717, 1.165) is 5.56 Å². The van der Waals surface area contributed by atoms with Crippen LogP contribution in [0, 0.1) is 14.9 Å². The van der Waals surface area contributed by atoms with Crippen LogP contribution in [0.4, 0.5) is 17.3 Å². The first-order chi connectivity index (χ1) is 15.3. The van der Waals surface area contributed by atoms with Crippen LogP contribution in [-0.4, -0.2) is 20.9 Å². The minimum Gasteiger partial charge on any atom is -0.457 e. The van der Waals surface area contributed by atoms with Gasteiger partial charge in [-0.3, -0.25) is 10.1 Å². The van der Waals surface area contributed by atoms with Crippen molar-refractivity contribution >= 4 is 35.5 Å². The highest BCUT2D eigenvalue weighted by atomic mass is 32.1. The monoisotopic (exact) mass is 449 g/mol. The first-order valence-electron chi connectivity index (χ1n) is 9.68. The smallest absolute Gasteiger partial charge is 0.337 e. The molecular formula is C22H19N5O4S. The van der Waals surface area contributed by atoms with Gasteiger partial charge in [0.05, 0.1) is 16.4 Å². The largest absolute Gasteiger partial charge is 0.457 e. The van der Waals surface area contributed by atoms with Crippen LogP contribution in [0.15, 0.2) is 65.9 Å². The molecule has 0 aliphatic carbocycles. The van der Waals surface area contributed by atoms with E-state index >= 15 is 0 Å². The number of fused-ring (bicyclic) bond motifs is 1. The number of benzene rings is 2. The van der Waals surface area contributed by atoms with E-state index in [9.17, 15) is 14.9 Å². The number of hydrogen-bond acceptors (Lipinski definition) is 8. The van der Waals surface area contributed by atoms with Crippen molar-refractivity contribution < 1.29 is 14.5 Å². The first kappa shape index (κ1) is 21.2. The third-order valence-corrected chi connectivity index (χ3v) is 5.35. The molecule has 32 heavy (non-hydrogen) atoms. The molecule has 0 saturated heterocycles. The molecule has 1 atom stereocenters. The second kappa shape index (κ2) is 8.60. The fraction of sp³-hybridized carbons (Fsp3) is 0.136. The van der Waals surface area contributed by atoms with Gasteiger partial charge in [-0.1, -0.05) is 42.5 Å². The molecule has 2 heterocycles. The number of H-pyrrole nitrogens is 1. The van der Waals surface area contributed by atoms with Crippen LogP contribution in [0.3, 0.4) is 0 Å². The number of nitrogens with two attached hydrogens (primary N) is 1. The maximum absolute atomic E-state index is 13.2. The molecule has 2 aromatic carbocycles. The summed E-state index contributed by atoms with van der Waals surface area (Å²) in [4.78, 5) is 30.9. The summed E-state index contributed by atoms with van der Waals surface area (Å²) in [6, 6.07) is 15.3. The number of esters is 1. The molecule has 1 aliphatic rings. The van der Waals surface area contributed by atoms with E-state index < -0.39 is 16.8 Å². The molecule has 0 amide bonds. The predicted octanol–water partition coefficient (Wildman–Crippen LogP) is 4.20. The maximum atomic E-state index is 13.2. The summed E-state index contributed by atoms with van der Waals surface area (Å²) >= 11 is 5.13. The van der Waals surface area contributed by atoms with Crippen molar-refractivity contribution in [3.63, 3.8) is 0 Å². The molecule has 0 saturated carbocycles. The van der Waals surface area contributed by atoms with E-state index in [2.05, 4.69) is 15.3 Å². The van der Waals surface area contributed by atoms with Gasteiger partial charge in [0.1, 0.15) is 18.2 Å². The summed E-state index contributed by atoms with van der Waals surface area (Å²) in [7, 11) is 0. The van der Waals surface area contributed by atoms with Crippen molar-refractivity contribution in [1.29, 1.82) is 0 Å².